The molecule has 0 spiro atoms. The van der Waals surface area contributed by atoms with Crippen molar-refractivity contribution in [2.75, 3.05) is 0 Å². The quantitative estimate of drug-likeness (QED) is 0.310. The molecule has 0 aliphatic carbocycles. The van der Waals surface area contributed by atoms with E-state index in [0.29, 0.717) is 0 Å². The first-order valence-electron chi connectivity index (χ1n) is 0. The molecule has 16 valence electrons. The number of hydrogen-bond donors (Lipinski definition) is 0. The van der Waals surface area contributed by atoms with Crippen molar-refractivity contribution < 1.29 is 6.90 Å². The van der Waals surface area contributed by atoms with Gasteiger partial charge in [-0.2, -0.15) is 0 Å². The van der Waals surface area contributed by atoms with E-state index in [4.69, 9.17) is 0 Å². The average Bonchev–Trinajstić information content (AvgIpc) is 0. The van der Waals surface area contributed by atoms with Crippen molar-refractivity contribution in [2.24, 2.45) is 0 Å². The largest absolute Gasteiger partial charge is 0.870 e. The molecule has 4 heavy (non-hydrogen) atoms. The van der Waals surface area contributed by atoms with Crippen LogP contribution in [0.2, 0.25) is 0 Å². The third kappa shape index (κ3) is 8.83. The van der Waals surface area contributed by atoms with E-state index in [1.165, 1.54) is 0 Å². The molecule has 0 aliphatic rings. The normalized spacial score (nSPS) is 0. The second-order valence-corrected chi connectivity index (χ2v) is 0. The fourth-order valence-electron chi connectivity index (χ4n) is 0. The van der Waals surface area contributed by atoms with Gasteiger partial charge in [-0.25, -0.2) is 0 Å². The Morgan fingerprint density at radius 3 is 1.00 bits per heavy atom. The van der Waals surface area contributed by atoms with Gasteiger partial charge in [-0.3, -0.25) is 0 Å². The van der Waals surface area contributed by atoms with Gasteiger partial charge in [0.1, 0.15) is 0 Å². The van der Waals surface area contributed by atoms with E-state index in [1.54, 1.807) is 0 Å². The summed E-state index contributed by atoms with van der Waals surface area (Å²) in [6, 6.07) is 0. The Labute approximate surface area is 87.4 Å². The molecule has 0 fully saturated rings. The Balaban J connectivity index is 0. The van der Waals surface area contributed by atoms with Crippen molar-refractivity contribution in [3.63, 3.8) is 0 Å². The predicted octanol–water partition coefficient (Wildman–Crippen LogP) is -2.28. The Bertz CT molecular complexity index is 9.61. The first kappa shape index (κ1) is 29.7. The van der Waals surface area contributed by atoms with Crippen molar-refractivity contribution in [1.82, 2.24) is 0 Å². The van der Waals surface area contributed by atoms with Crippen LogP contribution in [0.3, 0.4) is 0 Å². The van der Waals surface area contributed by atoms with Crippen molar-refractivity contribution in [3.8, 4) is 0 Å². The van der Waals surface area contributed by atoms with Gasteiger partial charge in [-0.05, 0) is 0 Å². The summed E-state index contributed by atoms with van der Waals surface area (Å²) in [5, 5.41) is 0. The van der Waals surface area contributed by atoms with Crippen molar-refractivity contribution in [3.05, 3.63) is 0 Å². The summed E-state index contributed by atoms with van der Waals surface area (Å²) in [6.45, 7) is 0. The van der Waals surface area contributed by atoms with Crippen LogP contribution < -0.4 is 0 Å². The van der Waals surface area contributed by atoms with Crippen LogP contribution in [0.4, 0.5) is 0 Å². The Hall–Kier alpha value is 2.73. The first-order chi connectivity index (χ1) is 0. The Kier molecular flexibility index (Phi) is 128. The number of hydrogen-bond acceptors (Lipinski definition) is 1. The van der Waals surface area contributed by atoms with E-state index < -0.39 is 0 Å². The maximum absolute atomic E-state index is 0. The summed E-state index contributed by atoms with van der Waals surface area (Å²) >= 11 is 0. The van der Waals surface area contributed by atoms with Gasteiger partial charge in [-0.15, -0.1) is 0 Å². The van der Waals surface area contributed by atoms with E-state index in [2.05, 4.69) is 0 Å². The minimum absolute atomic E-state index is 0. The minimum Gasteiger partial charge on any atom is -0.870 e. The van der Waals surface area contributed by atoms with Crippen molar-refractivity contribution in [1.29, 1.82) is 0 Å². The second kappa shape index (κ2) is 17.2. The molecule has 0 unspecified atom stereocenters. The van der Waals surface area contributed by atoms with Crippen LogP contribution >= 0.6 is 0 Å². The average molecular weight is 92.3 g/mol. The first-order valence-corrected chi connectivity index (χ1v) is 0. The second-order valence-electron chi connectivity index (χ2n) is 0. The van der Waals surface area contributed by atoms with Crippen LogP contribution in [0.5, 0.6) is 0 Å². The summed E-state index contributed by atoms with van der Waals surface area (Å²) in [5.74, 6) is 0. The summed E-state index contributed by atoms with van der Waals surface area (Å²) in [7, 11) is 0. The molecule has 0 rings (SSSR count). The third-order valence-electron chi connectivity index (χ3n) is 0. The number of rotatable bonds is 0. The summed E-state index contributed by atoms with van der Waals surface area (Å²) in [4.78, 5) is 0. The van der Waals surface area contributed by atoms with Gasteiger partial charge in [0.2, 0.25) is 0 Å². The van der Waals surface area contributed by atoms with Crippen LogP contribution in [-0.2, 0) is 0 Å². The van der Waals surface area contributed by atoms with Crippen LogP contribution in [0.1, 0.15) is 1.43 Å². The summed E-state index contributed by atoms with van der Waals surface area (Å²) < 4.78 is 0. The molecule has 0 amide bonds. The van der Waals surface area contributed by atoms with Gasteiger partial charge in [-0.1, -0.05) is 0 Å². The van der Waals surface area contributed by atoms with Gasteiger partial charge < -0.3 is 5.48 Å². The molecule has 0 aromatic carbocycles. The van der Waals surface area contributed by atoms with Crippen LogP contribution in [0, 0.1) is 0 Å². The van der Waals surface area contributed by atoms with Gasteiger partial charge in [0.05, 0.1) is 0 Å². The van der Waals surface area contributed by atoms with Gasteiger partial charge in [0.15, 0.2) is 0 Å². The molecular weight excluding hydrogens is 86.3 g/mol. The van der Waals surface area contributed by atoms with Gasteiger partial charge >= 0.3 is 83.6 Å². The zero-order valence-corrected chi connectivity index (χ0v) is 0.447. The molecule has 0 saturated carbocycles. The zero-order valence-electron chi connectivity index (χ0n) is 1.45. The summed E-state index contributed by atoms with van der Waals surface area (Å²) in [5.41, 5.74) is 0. The molecule has 0 atom stereocenters. The Morgan fingerprint density at radius 2 is 1.00 bits per heavy atom. The van der Waals surface area contributed by atoms with Crippen molar-refractivity contribution >= 4 is 82.2 Å². The standard InChI is InChI=1S/Mg.2Na.H2O.4H/h;;;1H2;;;;. The molecular formula is H6MgNa2O. The SMILES string of the molecule is [H+].[MgH2].[NaH].[NaH].[OH-]. The van der Waals surface area contributed by atoms with E-state index in [-0.39, 0.29) is 89.1 Å². The van der Waals surface area contributed by atoms with Gasteiger partial charge in [0, 0.05) is 0 Å². The molecule has 0 bridgehead atoms. The molecule has 4 heteroatoms. The maximum atomic E-state index is 0. The van der Waals surface area contributed by atoms with E-state index in [0.717, 1.165) is 0 Å². The third-order valence-corrected chi connectivity index (χ3v) is 0. The predicted molar refractivity (Wildman–Crippen MR) is 25.9 cm³/mol. The molecule has 1 N–H and O–H groups in total. The van der Waals surface area contributed by atoms with Crippen LogP contribution in [0.15, 0.2) is 0 Å². The Morgan fingerprint density at radius 1 is 1.00 bits per heavy atom. The monoisotopic (exact) mass is 92.0 g/mol. The molecule has 0 aliphatic heterocycles. The molecule has 0 aromatic rings. The molecule has 0 aromatic heterocycles. The fourth-order valence-corrected chi connectivity index (χ4v) is 0. The van der Waals surface area contributed by atoms with E-state index in [9.17, 15) is 0 Å². The molecule has 0 saturated heterocycles. The fraction of sp³-hybridized carbons (Fsp3) is 0. The minimum atomic E-state index is 0. The van der Waals surface area contributed by atoms with E-state index >= 15 is 0 Å². The van der Waals surface area contributed by atoms with Crippen LogP contribution in [-0.4, -0.2) is 87.6 Å². The zero-order chi connectivity index (χ0) is 0. The molecule has 1 nitrogen and oxygen atoms in total. The topological polar surface area (TPSA) is 30.0 Å². The van der Waals surface area contributed by atoms with E-state index in [1.807, 2.05) is 0 Å². The van der Waals surface area contributed by atoms with Crippen LogP contribution in [0.25, 0.3) is 0 Å². The summed E-state index contributed by atoms with van der Waals surface area (Å²) in [6.07, 6.45) is 0. The van der Waals surface area contributed by atoms with Crippen molar-refractivity contribution in [2.45, 2.75) is 0 Å². The molecule has 0 heterocycles. The van der Waals surface area contributed by atoms with Gasteiger partial charge in [0.25, 0.3) is 0 Å². The maximum Gasteiger partial charge on any atom is -0.870 e. The smallest absolute Gasteiger partial charge is 0.870 e. The molecule has 0 radical (unpaired) electrons.